The fourth-order valence-electron chi connectivity index (χ4n) is 8.51. The molecule has 5 aliphatic rings. The molecule has 15 heteroatoms. The number of nitrogens with zero attached hydrogens (tertiary/aromatic N) is 2. The lowest BCUT2D eigenvalue weighted by Crippen LogP contribution is -2.61. The van der Waals surface area contributed by atoms with Gasteiger partial charge in [-0.15, -0.1) is 23.2 Å². The molecule has 6 unspecified atom stereocenters. The van der Waals surface area contributed by atoms with Crippen LogP contribution in [0, 0.1) is 52.8 Å². The summed E-state index contributed by atoms with van der Waals surface area (Å²) in [4.78, 5) is 52.6. The number of phenolic OH excluding ortho intramolecular Hbond substituents is 1. The molecule has 1 N–H and O–H groups in total. The highest BCUT2D eigenvalue weighted by Gasteiger charge is 2.77. The number of aromatic hydroxyl groups is 1. The third-order valence-corrected chi connectivity index (χ3v) is 12.4. The first-order valence-electron chi connectivity index (χ1n) is 16.3. The third kappa shape index (κ3) is 4.38. The highest BCUT2D eigenvalue weighted by Crippen LogP contribution is 2.65. The highest BCUT2D eigenvalue weighted by atomic mass is 35.5. The Balaban J connectivity index is 1.30. The van der Waals surface area contributed by atoms with Gasteiger partial charge in [-0.1, -0.05) is 30.7 Å². The molecule has 3 fully saturated rings. The van der Waals surface area contributed by atoms with E-state index in [2.05, 4.69) is 0 Å². The maximum absolute atomic E-state index is 15.3. The topological polar surface area (TPSA) is 104 Å². The molecule has 0 spiro atoms. The zero-order chi connectivity index (χ0) is 37.2. The van der Waals surface area contributed by atoms with E-state index >= 15 is 8.78 Å². The van der Waals surface area contributed by atoms with Gasteiger partial charge in [-0.05, 0) is 66.6 Å². The van der Waals surface area contributed by atoms with Crippen molar-refractivity contribution in [2.45, 2.75) is 42.4 Å². The molecule has 8 rings (SSSR count). The number of amides is 4. The number of hydrogen-bond donors (Lipinski definition) is 1. The molecule has 3 aromatic carbocycles. The van der Waals surface area contributed by atoms with Crippen LogP contribution in [0.3, 0.4) is 0 Å². The summed E-state index contributed by atoms with van der Waals surface area (Å²) in [7, 11) is 0. The number of phenols is 1. The van der Waals surface area contributed by atoms with Crippen LogP contribution in [-0.4, -0.2) is 38.5 Å². The Morgan fingerprint density at radius 2 is 1.50 bits per heavy atom. The first-order chi connectivity index (χ1) is 24.6. The van der Waals surface area contributed by atoms with Crippen molar-refractivity contribution in [3.05, 3.63) is 106 Å². The van der Waals surface area contributed by atoms with Gasteiger partial charge in [-0.25, -0.2) is 26.9 Å². The summed E-state index contributed by atoms with van der Waals surface area (Å²) < 4.78 is 79.5. The molecule has 1 saturated carbocycles. The van der Waals surface area contributed by atoms with Gasteiger partial charge in [-0.2, -0.15) is 0 Å². The number of imide groups is 2. The van der Waals surface area contributed by atoms with E-state index < -0.39 is 98.2 Å². The van der Waals surface area contributed by atoms with Gasteiger partial charge in [0.05, 0.1) is 23.8 Å². The molecule has 3 aliphatic heterocycles. The summed E-state index contributed by atoms with van der Waals surface area (Å²) in [5.74, 6) is -20.9. The molecule has 0 radical (unpaired) electrons. The number of anilines is 2. The third-order valence-electron chi connectivity index (χ3n) is 11.0. The molecule has 2 aliphatic carbocycles. The van der Waals surface area contributed by atoms with Crippen molar-refractivity contribution in [2.24, 2.45) is 23.7 Å². The van der Waals surface area contributed by atoms with Crippen molar-refractivity contribution in [2.75, 3.05) is 9.80 Å². The summed E-state index contributed by atoms with van der Waals surface area (Å²) >= 11 is 14.4. The number of alkyl halides is 2. The molecule has 4 amide bonds. The summed E-state index contributed by atoms with van der Waals surface area (Å²) in [6.45, 7) is 1.94. The van der Waals surface area contributed by atoms with Gasteiger partial charge in [0.25, 0.3) is 11.8 Å². The molecule has 3 aromatic rings. The molecule has 2 saturated heterocycles. The Hall–Kier alpha value is -4.75. The number of ether oxygens (including phenoxy) is 1. The van der Waals surface area contributed by atoms with E-state index in [0.717, 1.165) is 10.5 Å². The van der Waals surface area contributed by atoms with Crippen LogP contribution >= 0.6 is 23.2 Å². The fourth-order valence-corrected chi connectivity index (χ4v) is 9.46. The minimum Gasteiger partial charge on any atom is -0.508 e. The second kappa shape index (κ2) is 11.6. The van der Waals surface area contributed by atoms with Crippen molar-refractivity contribution in [1.29, 1.82) is 0 Å². The predicted molar refractivity (Wildman–Crippen MR) is 176 cm³/mol. The van der Waals surface area contributed by atoms with Crippen molar-refractivity contribution in [1.82, 2.24) is 0 Å². The zero-order valence-electron chi connectivity index (χ0n) is 26.9. The van der Waals surface area contributed by atoms with Crippen LogP contribution < -0.4 is 14.5 Å². The largest absolute Gasteiger partial charge is 0.508 e. The molecular weight excluding hydrogens is 734 g/mol. The number of hydrogen-bond acceptors (Lipinski definition) is 6. The summed E-state index contributed by atoms with van der Waals surface area (Å²) in [5, 5.41) is 10.2. The van der Waals surface area contributed by atoms with Crippen LogP contribution in [-0.2, 0) is 32.0 Å². The smallest absolute Gasteiger partial charge is 0.258 e. The lowest BCUT2D eigenvalue weighted by molar-refractivity contribution is -0.125. The minimum absolute atomic E-state index is 0.00161. The van der Waals surface area contributed by atoms with Crippen LogP contribution in [0.4, 0.5) is 33.3 Å². The fraction of sp³-hybridized carbons (Fsp3) is 0.297. The maximum atomic E-state index is 15.3. The van der Waals surface area contributed by atoms with Crippen molar-refractivity contribution < 1.29 is 51.0 Å². The number of aryl methyl sites for hydroxylation is 1. The quantitative estimate of drug-likeness (QED) is 0.0787. The molecule has 0 aromatic heterocycles. The molecule has 52 heavy (non-hydrogen) atoms. The van der Waals surface area contributed by atoms with Crippen LogP contribution in [0.2, 0.25) is 0 Å². The Bertz CT molecular complexity index is 2200. The lowest BCUT2D eigenvalue weighted by atomic mass is 9.56. The number of rotatable bonds is 4. The summed E-state index contributed by atoms with van der Waals surface area (Å²) in [6.07, 6.45) is 2.87. The Labute approximate surface area is 302 Å². The molecule has 0 bridgehead atoms. The predicted octanol–water partition coefficient (Wildman–Crippen LogP) is 6.77. The number of halogens is 7. The van der Waals surface area contributed by atoms with Gasteiger partial charge in [-0.3, -0.25) is 24.1 Å². The van der Waals surface area contributed by atoms with Crippen LogP contribution in [0.25, 0.3) is 0 Å². The number of fused-ring (bicyclic) bond motifs is 5. The van der Waals surface area contributed by atoms with E-state index in [9.17, 15) is 37.5 Å². The summed E-state index contributed by atoms with van der Waals surface area (Å²) in [6, 6.07) is 11.0. The van der Waals surface area contributed by atoms with Gasteiger partial charge < -0.3 is 9.84 Å². The minimum atomic E-state index is -2.67. The molecule has 8 nitrogen and oxygen atoms in total. The zero-order valence-corrected chi connectivity index (χ0v) is 28.4. The van der Waals surface area contributed by atoms with Crippen LogP contribution in [0.1, 0.15) is 30.9 Å². The van der Waals surface area contributed by atoms with E-state index in [-0.39, 0.29) is 29.1 Å². The van der Waals surface area contributed by atoms with Gasteiger partial charge in [0.1, 0.15) is 17.2 Å². The number of carbonyl (C=O) groups is 4. The van der Waals surface area contributed by atoms with Gasteiger partial charge in [0.15, 0.2) is 33.0 Å². The molecular formula is C37H25Cl2F5N2O6. The standard InChI is InChI=1S/C37H25Cl2F5N2O6/c1-2-15-3-5-18(6-4-15)45-32(48)21-9-8-20-22(24(21)33(45)49)13-36(38)34(50)46(31-29(43)27(41)26(40)28(42)30(31)44)35(51)37(36,39)25(20)17-11-16-12-19(47)7-10-23(16)52-14-17/h3-8,10,12,14,21-22,24-25,47H,2,9,11,13H2,1H3. The number of carbonyl (C=O) groups excluding carboxylic acids is 4. The SMILES string of the molecule is CCc1ccc(N2C(=O)C3CC=C4C(CC5(Cl)C(=O)N(c6c(F)c(F)c(F)c(F)c6F)C(=O)C5(Cl)C4C4=COc5ccc(O)cc5C4)C3C2=O)cc1. The number of benzene rings is 3. The van der Waals surface area contributed by atoms with Gasteiger partial charge in [0.2, 0.25) is 17.6 Å². The van der Waals surface area contributed by atoms with Gasteiger partial charge >= 0.3 is 0 Å². The number of allylic oxidation sites excluding steroid dienone is 3. The average Bonchev–Trinajstić information content (AvgIpc) is 3.47. The molecule has 268 valence electrons. The first kappa shape index (κ1) is 34.3. The first-order valence-corrected chi connectivity index (χ1v) is 17.0. The monoisotopic (exact) mass is 758 g/mol. The van der Waals surface area contributed by atoms with Crippen LogP contribution in [0.5, 0.6) is 11.5 Å². The van der Waals surface area contributed by atoms with Crippen molar-refractivity contribution in [3.8, 4) is 11.5 Å². The van der Waals surface area contributed by atoms with Gasteiger partial charge in [0, 0.05) is 17.9 Å². The van der Waals surface area contributed by atoms with Crippen molar-refractivity contribution >= 4 is 58.2 Å². The lowest BCUT2D eigenvalue weighted by Gasteiger charge is -2.51. The average molecular weight is 760 g/mol. The van der Waals surface area contributed by atoms with E-state index in [1.54, 1.807) is 30.3 Å². The van der Waals surface area contributed by atoms with E-state index in [0.29, 0.717) is 29.0 Å². The van der Waals surface area contributed by atoms with E-state index in [1.807, 2.05) is 6.92 Å². The normalized spacial score (nSPS) is 29.3. The van der Waals surface area contributed by atoms with Crippen LogP contribution in [0.15, 0.2) is 65.9 Å². The Morgan fingerprint density at radius 3 is 2.15 bits per heavy atom. The second-order valence-electron chi connectivity index (χ2n) is 13.5. The van der Waals surface area contributed by atoms with E-state index in [4.69, 9.17) is 27.9 Å². The molecule has 6 atom stereocenters. The van der Waals surface area contributed by atoms with E-state index in [1.165, 1.54) is 24.5 Å². The van der Waals surface area contributed by atoms with Crippen molar-refractivity contribution in [3.63, 3.8) is 0 Å². The second-order valence-corrected chi connectivity index (χ2v) is 14.7. The Kier molecular flexibility index (Phi) is 7.68. The Morgan fingerprint density at radius 1 is 0.846 bits per heavy atom. The summed E-state index contributed by atoms with van der Waals surface area (Å²) in [5.41, 5.74) is 0.325. The maximum Gasteiger partial charge on any atom is 0.258 e. The molecule has 3 heterocycles. The highest BCUT2D eigenvalue weighted by molar-refractivity contribution is 6.58.